The number of halogens is 1. The highest BCUT2D eigenvalue weighted by Gasteiger charge is 2.31. The van der Waals surface area contributed by atoms with Crippen molar-refractivity contribution in [1.29, 1.82) is 0 Å². The van der Waals surface area contributed by atoms with Gasteiger partial charge in [-0.15, -0.1) is 0 Å². The molecule has 0 aliphatic carbocycles. The van der Waals surface area contributed by atoms with Crippen molar-refractivity contribution < 1.29 is 9.53 Å². The number of rotatable bonds is 5. The van der Waals surface area contributed by atoms with Gasteiger partial charge in [0.15, 0.2) is 0 Å². The number of thiocarbonyl (C=S) groups is 1. The van der Waals surface area contributed by atoms with E-state index < -0.39 is 0 Å². The highest BCUT2D eigenvalue weighted by molar-refractivity contribution is 8.26. The monoisotopic (exact) mass is 341 g/mol. The van der Waals surface area contributed by atoms with Crippen molar-refractivity contribution in [1.82, 2.24) is 4.90 Å². The Morgan fingerprint density at radius 3 is 2.86 bits per heavy atom. The lowest BCUT2D eigenvalue weighted by Crippen LogP contribution is -2.28. The van der Waals surface area contributed by atoms with Crippen LogP contribution in [0.5, 0.6) is 5.75 Å². The predicted octanol–water partition coefficient (Wildman–Crippen LogP) is 4.35. The van der Waals surface area contributed by atoms with E-state index in [2.05, 4.69) is 0 Å². The molecule has 1 saturated heterocycles. The van der Waals surface area contributed by atoms with Crippen LogP contribution < -0.4 is 4.74 Å². The zero-order chi connectivity index (χ0) is 15.4. The molecule has 1 heterocycles. The number of carbonyl (C=O) groups excluding carboxylic acids is 1. The van der Waals surface area contributed by atoms with Crippen molar-refractivity contribution in [3.8, 4) is 5.75 Å². The molecular weight excluding hydrogens is 326 g/mol. The Bertz CT molecular complexity index is 601. The minimum Gasteiger partial charge on any atom is -0.493 e. The summed E-state index contributed by atoms with van der Waals surface area (Å²) in [7, 11) is 0. The molecule has 0 atom stereocenters. The molecule has 112 valence electrons. The Morgan fingerprint density at radius 1 is 1.43 bits per heavy atom. The van der Waals surface area contributed by atoms with E-state index in [1.165, 1.54) is 11.8 Å². The fourth-order valence-corrected chi connectivity index (χ4v) is 3.46. The first kappa shape index (κ1) is 16.3. The molecule has 6 heteroatoms. The Hall–Kier alpha value is -1.04. The van der Waals surface area contributed by atoms with E-state index in [4.69, 9.17) is 28.6 Å². The highest BCUT2D eigenvalue weighted by atomic mass is 35.5. The molecule has 1 aromatic rings. The maximum atomic E-state index is 12.3. The summed E-state index contributed by atoms with van der Waals surface area (Å²) in [5, 5.41) is 0.605. The number of carbonyl (C=O) groups is 1. The first-order chi connectivity index (χ1) is 10.1. The number of ether oxygens (including phenoxy) is 1. The van der Waals surface area contributed by atoms with E-state index in [-0.39, 0.29) is 5.91 Å². The summed E-state index contributed by atoms with van der Waals surface area (Å²) in [6, 6.07) is 5.37. The van der Waals surface area contributed by atoms with Crippen molar-refractivity contribution in [2.45, 2.75) is 20.3 Å². The second kappa shape index (κ2) is 7.29. The van der Waals surface area contributed by atoms with E-state index in [9.17, 15) is 4.79 Å². The van der Waals surface area contributed by atoms with Crippen LogP contribution in [0.4, 0.5) is 0 Å². The highest BCUT2D eigenvalue weighted by Crippen LogP contribution is 2.35. The van der Waals surface area contributed by atoms with Gasteiger partial charge in [-0.3, -0.25) is 9.69 Å². The topological polar surface area (TPSA) is 29.5 Å². The van der Waals surface area contributed by atoms with Crippen LogP contribution in [-0.2, 0) is 4.79 Å². The number of thioether (sulfide) groups is 1. The van der Waals surface area contributed by atoms with Gasteiger partial charge in [0, 0.05) is 17.1 Å². The first-order valence-electron chi connectivity index (χ1n) is 6.74. The maximum Gasteiger partial charge on any atom is 0.266 e. The van der Waals surface area contributed by atoms with Gasteiger partial charge in [-0.2, -0.15) is 0 Å². The van der Waals surface area contributed by atoms with Gasteiger partial charge in [-0.05, 0) is 37.6 Å². The van der Waals surface area contributed by atoms with Crippen molar-refractivity contribution in [2.75, 3.05) is 13.2 Å². The van der Waals surface area contributed by atoms with Gasteiger partial charge >= 0.3 is 0 Å². The van der Waals surface area contributed by atoms with E-state index in [0.717, 1.165) is 12.0 Å². The zero-order valence-corrected chi connectivity index (χ0v) is 14.3. The molecule has 1 aromatic carbocycles. The summed E-state index contributed by atoms with van der Waals surface area (Å²) < 4.78 is 6.17. The van der Waals surface area contributed by atoms with Crippen molar-refractivity contribution in [2.24, 2.45) is 0 Å². The SMILES string of the molecule is CCCN1C(=O)/C(=C/c2cc(Cl)ccc2OCC)SC1=S. The van der Waals surface area contributed by atoms with Gasteiger partial charge in [0.1, 0.15) is 10.1 Å². The fraction of sp³-hybridized carbons (Fsp3) is 0.333. The number of amides is 1. The molecule has 0 radical (unpaired) electrons. The smallest absolute Gasteiger partial charge is 0.266 e. The Balaban J connectivity index is 2.34. The second-order valence-electron chi connectivity index (χ2n) is 4.45. The lowest BCUT2D eigenvalue weighted by Gasteiger charge is -2.12. The summed E-state index contributed by atoms with van der Waals surface area (Å²) in [6.07, 6.45) is 2.67. The first-order valence-corrected chi connectivity index (χ1v) is 8.34. The molecule has 0 saturated carbocycles. The van der Waals surface area contributed by atoms with Crippen molar-refractivity contribution in [3.63, 3.8) is 0 Å². The quantitative estimate of drug-likeness (QED) is 0.588. The molecular formula is C15H16ClNO2S2. The van der Waals surface area contributed by atoms with E-state index in [0.29, 0.717) is 33.1 Å². The van der Waals surface area contributed by atoms with Crippen LogP contribution in [0.3, 0.4) is 0 Å². The average Bonchev–Trinajstić information content (AvgIpc) is 2.70. The Labute approximate surface area is 139 Å². The number of hydrogen-bond acceptors (Lipinski definition) is 4. The molecule has 1 aliphatic rings. The molecule has 0 aromatic heterocycles. The van der Waals surface area contributed by atoms with Gasteiger partial charge in [0.25, 0.3) is 5.91 Å². The third-order valence-electron chi connectivity index (χ3n) is 2.88. The van der Waals surface area contributed by atoms with Crippen LogP contribution in [0.1, 0.15) is 25.8 Å². The van der Waals surface area contributed by atoms with Gasteiger partial charge in [0.2, 0.25) is 0 Å². The standard InChI is InChI=1S/C15H16ClNO2S2/c1-3-7-17-14(18)13(21-15(17)20)9-10-8-11(16)5-6-12(10)19-4-2/h5-6,8-9H,3-4,7H2,1-2H3/b13-9-. The van der Waals surface area contributed by atoms with E-state index >= 15 is 0 Å². The van der Waals surface area contributed by atoms with Crippen LogP contribution in [0.15, 0.2) is 23.1 Å². The predicted molar refractivity (Wildman–Crippen MR) is 92.8 cm³/mol. The van der Waals surface area contributed by atoms with Gasteiger partial charge in [-0.1, -0.05) is 42.5 Å². The summed E-state index contributed by atoms with van der Waals surface area (Å²) >= 11 is 12.6. The minimum atomic E-state index is -0.0470. The zero-order valence-electron chi connectivity index (χ0n) is 11.9. The van der Waals surface area contributed by atoms with Crippen LogP contribution in [0.2, 0.25) is 5.02 Å². The number of benzene rings is 1. The summed E-state index contributed by atoms with van der Waals surface area (Å²) in [6.45, 7) is 5.14. The average molecular weight is 342 g/mol. The molecule has 0 spiro atoms. The molecule has 1 amide bonds. The Morgan fingerprint density at radius 2 is 2.19 bits per heavy atom. The number of hydrogen-bond donors (Lipinski definition) is 0. The summed E-state index contributed by atoms with van der Waals surface area (Å²) in [5.74, 6) is 0.664. The third kappa shape index (κ3) is 3.78. The largest absolute Gasteiger partial charge is 0.493 e. The van der Waals surface area contributed by atoms with Gasteiger partial charge in [0.05, 0.1) is 11.5 Å². The second-order valence-corrected chi connectivity index (χ2v) is 6.56. The number of nitrogens with zero attached hydrogens (tertiary/aromatic N) is 1. The molecule has 1 aliphatic heterocycles. The fourth-order valence-electron chi connectivity index (χ4n) is 1.98. The third-order valence-corrected chi connectivity index (χ3v) is 4.49. The molecule has 2 rings (SSSR count). The molecule has 1 fully saturated rings. The van der Waals surface area contributed by atoms with Crippen molar-refractivity contribution in [3.05, 3.63) is 33.7 Å². The van der Waals surface area contributed by atoms with Crippen LogP contribution in [0, 0.1) is 0 Å². The van der Waals surface area contributed by atoms with E-state index in [1.807, 2.05) is 19.9 Å². The molecule has 0 N–H and O–H groups in total. The molecule has 0 unspecified atom stereocenters. The van der Waals surface area contributed by atoms with Crippen LogP contribution in [-0.4, -0.2) is 28.3 Å². The van der Waals surface area contributed by atoms with Gasteiger partial charge in [-0.25, -0.2) is 0 Å². The summed E-state index contributed by atoms with van der Waals surface area (Å²) in [5.41, 5.74) is 0.793. The van der Waals surface area contributed by atoms with Crippen molar-refractivity contribution >= 4 is 51.9 Å². The van der Waals surface area contributed by atoms with E-state index in [1.54, 1.807) is 23.1 Å². The Kier molecular flexibility index (Phi) is 5.67. The minimum absolute atomic E-state index is 0.0470. The normalized spacial score (nSPS) is 16.9. The van der Waals surface area contributed by atoms with Gasteiger partial charge < -0.3 is 4.74 Å². The van der Waals surface area contributed by atoms with Crippen LogP contribution in [0.25, 0.3) is 6.08 Å². The molecule has 0 bridgehead atoms. The maximum absolute atomic E-state index is 12.3. The molecule has 3 nitrogen and oxygen atoms in total. The molecule has 21 heavy (non-hydrogen) atoms. The lowest BCUT2D eigenvalue weighted by atomic mass is 10.2. The summed E-state index contributed by atoms with van der Waals surface area (Å²) in [4.78, 5) is 14.6. The lowest BCUT2D eigenvalue weighted by molar-refractivity contribution is -0.122. The van der Waals surface area contributed by atoms with Crippen LogP contribution >= 0.6 is 35.6 Å².